The van der Waals surface area contributed by atoms with E-state index in [1.54, 1.807) is 14.2 Å². The summed E-state index contributed by atoms with van der Waals surface area (Å²) in [6.07, 6.45) is 1.24. The number of guanidine groups is 1. The molecule has 0 rings (SSSR count). The lowest BCUT2D eigenvalue weighted by molar-refractivity contribution is 0.0205. The molecule has 0 saturated carbocycles. The molecule has 126 valence electrons. The Kier molecular flexibility index (Phi) is 10.4. The first-order chi connectivity index (χ1) is 9.81. The lowest BCUT2D eigenvalue weighted by Gasteiger charge is -2.30. The van der Waals surface area contributed by atoms with Gasteiger partial charge in [-0.1, -0.05) is 34.6 Å². The Balaban J connectivity index is 3.87. The van der Waals surface area contributed by atoms with Gasteiger partial charge in [0.1, 0.15) is 0 Å². The smallest absolute Gasteiger partial charge is 0.191 e. The summed E-state index contributed by atoms with van der Waals surface area (Å²) in [6.45, 7) is 13.9. The summed E-state index contributed by atoms with van der Waals surface area (Å²) in [5, 5.41) is 6.54. The molecule has 1 unspecified atom stereocenters. The van der Waals surface area contributed by atoms with E-state index in [1.807, 2.05) is 0 Å². The van der Waals surface area contributed by atoms with Gasteiger partial charge in [-0.05, 0) is 17.8 Å². The Labute approximate surface area is 130 Å². The first-order valence-electron chi connectivity index (χ1n) is 7.86. The SMILES string of the molecule is CN=C(NCCOCCC(C)C)NCC(OC)C(C)(C)C. The van der Waals surface area contributed by atoms with Crippen LogP contribution in [0.25, 0.3) is 0 Å². The van der Waals surface area contributed by atoms with Gasteiger partial charge in [-0.2, -0.15) is 0 Å². The fourth-order valence-electron chi connectivity index (χ4n) is 1.82. The van der Waals surface area contributed by atoms with Crippen LogP contribution in [0.2, 0.25) is 0 Å². The molecule has 0 aliphatic carbocycles. The molecule has 0 bridgehead atoms. The second-order valence-electron chi connectivity index (χ2n) is 6.77. The van der Waals surface area contributed by atoms with Gasteiger partial charge in [0.25, 0.3) is 0 Å². The van der Waals surface area contributed by atoms with Crippen molar-refractivity contribution in [3.63, 3.8) is 0 Å². The quantitative estimate of drug-likeness (QED) is 0.390. The molecule has 0 fully saturated rings. The number of methoxy groups -OCH3 is 1. The highest BCUT2D eigenvalue weighted by Gasteiger charge is 2.24. The standard InChI is InChI=1S/C16H35N3O2/c1-13(2)8-10-21-11-9-18-15(17-6)19-12-14(20-7)16(3,4)5/h13-14H,8-12H2,1-7H3,(H2,17,18,19). The van der Waals surface area contributed by atoms with Crippen molar-refractivity contribution in [1.82, 2.24) is 10.6 Å². The summed E-state index contributed by atoms with van der Waals surface area (Å²) in [7, 11) is 3.52. The Morgan fingerprint density at radius 1 is 1.14 bits per heavy atom. The Hall–Kier alpha value is -0.810. The van der Waals surface area contributed by atoms with E-state index in [2.05, 4.69) is 50.2 Å². The van der Waals surface area contributed by atoms with Gasteiger partial charge in [0.15, 0.2) is 5.96 Å². The average molecular weight is 301 g/mol. The van der Waals surface area contributed by atoms with Crippen molar-refractivity contribution < 1.29 is 9.47 Å². The van der Waals surface area contributed by atoms with Crippen molar-refractivity contribution in [3.8, 4) is 0 Å². The molecule has 2 N–H and O–H groups in total. The second-order valence-corrected chi connectivity index (χ2v) is 6.77. The first kappa shape index (κ1) is 20.2. The van der Waals surface area contributed by atoms with Crippen molar-refractivity contribution >= 4 is 5.96 Å². The van der Waals surface area contributed by atoms with Gasteiger partial charge in [0.2, 0.25) is 0 Å². The Morgan fingerprint density at radius 3 is 2.29 bits per heavy atom. The Morgan fingerprint density at radius 2 is 1.81 bits per heavy atom. The monoisotopic (exact) mass is 301 g/mol. The molecule has 0 heterocycles. The van der Waals surface area contributed by atoms with E-state index >= 15 is 0 Å². The van der Waals surface area contributed by atoms with E-state index in [-0.39, 0.29) is 11.5 Å². The molecule has 0 aromatic carbocycles. The summed E-state index contributed by atoms with van der Waals surface area (Å²) < 4.78 is 11.1. The lowest BCUT2D eigenvalue weighted by Crippen LogP contribution is -2.46. The average Bonchev–Trinajstić information content (AvgIpc) is 2.39. The molecule has 1 atom stereocenters. The molecular weight excluding hydrogens is 266 g/mol. The van der Waals surface area contributed by atoms with Gasteiger partial charge >= 0.3 is 0 Å². The van der Waals surface area contributed by atoms with Crippen LogP contribution < -0.4 is 10.6 Å². The van der Waals surface area contributed by atoms with Crippen LogP contribution in [0.5, 0.6) is 0 Å². The van der Waals surface area contributed by atoms with Crippen LogP contribution in [-0.4, -0.2) is 52.5 Å². The van der Waals surface area contributed by atoms with Crippen molar-refractivity contribution in [2.24, 2.45) is 16.3 Å². The normalized spacial score (nSPS) is 14.4. The zero-order valence-electron chi connectivity index (χ0n) is 15.0. The summed E-state index contributed by atoms with van der Waals surface area (Å²) in [6, 6.07) is 0. The summed E-state index contributed by atoms with van der Waals surface area (Å²) >= 11 is 0. The van der Waals surface area contributed by atoms with Crippen LogP contribution in [0, 0.1) is 11.3 Å². The molecule has 21 heavy (non-hydrogen) atoms. The predicted octanol–water partition coefficient (Wildman–Crippen LogP) is 2.28. The van der Waals surface area contributed by atoms with E-state index in [9.17, 15) is 0 Å². The van der Waals surface area contributed by atoms with Crippen LogP contribution in [0.15, 0.2) is 4.99 Å². The van der Waals surface area contributed by atoms with Gasteiger partial charge in [-0.15, -0.1) is 0 Å². The van der Waals surface area contributed by atoms with Gasteiger partial charge in [0, 0.05) is 33.9 Å². The first-order valence-corrected chi connectivity index (χ1v) is 7.86. The molecule has 0 amide bonds. The number of hydrogen-bond donors (Lipinski definition) is 2. The molecule has 5 nitrogen and oxygen atoms in total. The van der Waals surface area contributed by atoms with E-state index in [0.29, 0.717) is 12.5 Å². The predicted molar refractivity (Wildman–Crippen MR) is 89.9 cm³/mol. The Bertz CT molecular complexity index is 286. The lowest BCUT2D eigenvalue weighted by atomic mass is 9.89. The zero-order valence-corrected chi connectivity index (χ0v) is 15.0. The van der Waals surface area contributed by atoms with Gasteiger partial charge in [-0.25, -0.2) is 0 Å². The highest BCUT2D eigenvalue weighted by atomic mass is 16.5. The van der Waals surface area contributed by atoms with Crippen molar-refractivity contribution in [1.29, 1.82) is 0 Å². The van der Waals surface area contributed by atoms with Gasteiger partial charge in [-0.3, -0.25) is 4.99 Å². The number of nitrogens with one attached hydrogen (secondary N) is 2. The third-order valence-corrected chi connectivity index (χ3v) is 3.31. The van der Waals surface area contributed by atoms with Crippen LogP contribution in [0.1, 0.15) is 41.0 Å². The van der Waals surface area contributed by atoms with Crippen molar-refractivity contribution in [2.45, 2.75) is 47.1 Å². The topological polar surface area (TPSA) is 54.9 Å². The van der Waals surface area contributed by atoms with Gasteiger partial charge < -0.3 is 20.1 Å². The van der Waals surface area contributed by atoms with Crippen LogP contribution in [0.4, 0.5) is 0 Å². The maximum atomic E-state index is 5.57. The summed E-state index contributed by atoms with van der Waals surface area (Å²) in [5.41, 5.74) is 0.0978. The highest BCUT2D eigenvalue weighted by Crippen LogP contribution is 2.20. The van der Waals surface area contributed by atoms with Crippen LogP contribution >= 0.6 is 0 Å². The van der Waals surface area contributed by atoms with E-state index in [1.165, 1.54) is 0 Å². The molecule has 0 aromatic rings. The van der Waals surface area contributed by atoms with Crippen LogP contribution in [-0.2, 0) is 9.47 Å². The molecule has 0 aromatic heterocycles. The molecule has 0 spiro atoms. The molecule has 5 heteroatoms. The highest BCUT2D eigenvalue weighted by molar-refractivity contribution is 5.79. The molecule has 0 aliphatic heterocycles. The fraction of sp³-hybridized carbons (Fsp3) is 0.938. The van der Waals surface area contributed by atoms with E-state index in [0.717, 1.165) is 32.1 Å². The third kappa shape index (κ3) is 10.5. The van der Waals surface area contributed by atoms with E-state index < -0.39 is 0 Å². The maximum absolute atomic E-state index is 5.57. The minimum absolute atomic E-state index is 0.0978. The largest absolute Gasteiger partial charge is 0.380 e. The molecular formula is C16H35N3O2. The second kappa shape index (κ2) is 10.9. The van der Waals surface area contributed by atoms with Crippen molar-refractivity contribution in [2.75, 3.05) is 40.5 Å². The summed E-state index contributed by atoms with van der Waals surface area (Å²) in [4.78, 5) is 4.21. The van der Waals surface area contributed by atoms with E-state index in [4.69, 9.17) is 9.47 Å². The number of ether oxygens (including phenoxy) is 2. The number of nitrogens with zero attached hydrogens (tertiary/aromatic N) is 1. The fourth-order valence-corrected chi connectivity index (χ4v) is 1.82. The zero-order chi connectivity index (χ0) is 16.3. The minimum atomic E-state index is 0.0978. The third-order valence-electron chi connectivity index (χ3n) is 3.31. The van der Waals surface area contributed by atoms with Crippen LogP contribution in [0.3, 0.4) is 0 Å². The minimum Gasteiger partial charge on any atom is -0.380 e. The maximum Gasteiger partial charge on any atom is 0.191 e. The number of rotatable bonds is 9. The summed E-state index contributed by atoms with van der Waals surface area (Å²) in [5.74, 6) is 1.48. The number of aliphatic imine (C=N–C) groups is 1. The molecule has 0 saturated heterocycles. The number of hydrogen-bond acceptors (Lipinski definition) is 3. The van der Waals surface area contributed by atoms with Gasteiger partial charge in [0.05, 0.1) is 12.7 Å². The molecule has 0 radical (unpaired) electrons. The van der Waals surface area contributed by atoms with Crippen molar-refractivity contribution in [3.05, 3.63) is 0 Å². The molecule has 0 aliphatic rings.